The van der Waals surface area contributed by atoms with E-state index in [1.54, 1.807) is 6.07 Å². The van der Waals surface area contributed by atoms with Gasteiger partial charge >= 0.3 is 5.97 Å². The quantitative estimate of drug-likeness (QED) is 0.569. The smallest absolute Gasteiger partial charge is 0.310 e. The van der Waals surface area contributed by atoms with Crippen LogP contribution >= 0.6 is 0 Å². The van der Waals surface area contributed by atoms with Crippen molar-refractivity contribution in [2.45, 2.75) is 39.3 Å². The predicted molar refractivity (Wildman–Crippen MR) is 77.8 cm³/mol. The zero-order valence-corrected chi connectivity index (χ0v) is 12.0. The van der Waals surface area contributed by atoms with E-state index in [2.05, 4.69) is 5.32 Å². The van der Waals surface area contributed by atoms with Crippen LogP contribution in [-0.4, -0.2) is 18.6 Å². The van der Waals surface area contributed by atoms with Crippen molar-refractivity contribution in [3.63, 3.8) is 0 Å². The maximum Gasteiger partial charge on any atom is 0.310 e. The van der Waals surface area contributed by atoms with Gasteiger partial charge in [-0.1, -0.05) is 0 Å². The molecule has 106 valence electrons. The number of nitrogens with one attached hydrogen (secondary N) is 1. The van der Waals surface area contributed by atoms with Crippen molar-refractivity contribution in [2.24, 2.45) is 5.73 Å². The minimum Gasteiger partial charge on any atom is -0.460 e. The van der Waals surface area contributed by atoms with Gasteiger partial charge in [0.05, 0.1) is 6.42 Å². The van der Waals surface area contributed by atoms with Gasteiger partial charge < -0.3 is 21.5 Å². The molecule has 0 spiro atoms. The third-order valence-corrected chi connectivity index (χ3v) is 2.68. The second kappa shape index (κ2) is 5.93. The molecule has 1 rings (SSSR count). The van der Waals surface area contributed by atoms with Gasteiger partial charge in [0.25, 0.3) is 0 Å². The summed E-state index contributed by atoms with van der Waals surface area (Å²) in [6.45, 7) is 5.83. The summed E-state index contributed by atoms with van der Waals surface area (Å²) in [6, 6.07) is 3.63. The predicted octanol–water partition coefficient (Wildman–Crippen LogP) is 1.65. The summed E-state index contributed by atoms with van der Waals surface area (Å²) in [5.74, 6) is -0.304. The Morgan fingerprint density at radius 1 is 1.32 bits per heavy atom. The third-order valence-electron chi connectivity index (χ3n) is 2.68. The van der Waals surface area contributed by atoms with Crippen LogP contribution in [0.5, 0.6) is 0 Å². The van der Waals surface area contributed by atoms with Crippen molar-refractivity contribution >= 4 is 17.3 Å². The van der Waals surface area contributed by atoms with Crippen LogP contribution in [0.3, 0.4) is 0 Å². The van der Waals surface area contributed by atoms with E-state index in [0.29, 0.717) is 12.2 Å². The number of esters is 1. The molecule has 0 fully saturated rings. The monoisotopic (exact) mass is 265 g/mol. The molecule has 1 aromatic rings. The maximum absolute atomic E-state index is 11.9. The largest absolute Gasteiger partial charge is 0.460 e. The molecular formula is C14H23N3O2. The number of hydrogen-bond donors (Lipinski definition) is 3. The number of nitrogen functional groups attached to an aromatic ring is 1. The van der Waals surface area contributed by atoms with E-state index in [1.807, 2.05) is 33.9 Å². The van der Waals surface area contributed by atoms with Crippen molar-refractivity contribution < 1.29 is 9.53 Å². The summed E-state index contributed by atoms with van der Waals surface area (Å²) >= 11 is 0. The third kappa shape index (κ3) is 4.13. The van der Waals surface area contributed by atoms with E-state index < -0.39 is 5.60 Å². The number of benzene rings is 1. The average Bonchev–Trinajstić information content (AvgIpc) is 2.29. The Kier molecular flexibility index (Phi) is 4.78. The Labute approximate surface area is 114 Å². The topological polar surface area (TPSA) is 90.4 Å². The first-order valence-electron chi connectivity index (χ1n) is 6.28. The number of hydrogen-bond acceptors (Lipinski definition) is 5. The first kappa shape index (κ1) is 15.3. The number of ether oxygens (including phenoxy) is 1. The highest BCUT2D eigenvalue weighted by Crippen LogP contribution is 2.26. The number of anilines is 2. The van der Waals surface area contributed by atoms with Gasteiger partial charge in [-0.15, -0.1) is 0 Å². The Balaban J connectivity index is 3.03. The average molecular weight is 265 g/mol. The number of nitrogens with two attached hydrogens (primary N) is 2. The van der Waals surface area contributed by atoms with E-state index in [0.717, 1.165) is 16.8 Å². The Morgan fingerprint density at radius 2 is 1.95 bits per heavy atom. The first-order chi connectivity index (χ1) is 8.78. The van der Waals surface area contributed by atoms with Crippen molar-refractivity contribution in [1.82, 2.24) is 0 Å². The zero-order valence-electron chi connectivity index (χ0n) is 12.0. The molecule has 0 atom stereocenters. The van der Waals surface area contributed by atoms with Crippen LogP contribution in [0.15, 0.2) is 12.1 Å². The number of carbonyl (C=O) groups excluding carboxylic acids is 1. The number of carbonyl (C=O) groups is 1. The van der Waals surface area contributed by atoms with Gasteiger partial charge in [0.2, 0.25) is 0 Å². The highest BCUT2D eigenvalue weighted by Gasteiger charge is 2.19. The molecule has 5 nitrogen and oxygen atoms in total. The molecule has 0 heterocycles. The van der Waals surface area contributed by atoms with Crippen LogP contribution in [-0.2, 0) is 22.5 Å². The van der Waals surface area contributed by atoms with E-state index >= 15 is 0 Å². The lowest BCUT2D eigenvalue weighted by Gasteiger charge is -2.21. The molecule has 5 heteroatoms. The van der Waals surface area contributed by atoms with E-state index in [-0.39, 0.29) is 12.4 Å². The maximum atomic E-state index is 11.9. The molecule has 0 amide bonds. The molecule has 5 N–H and O–H groups in total. The van der Waals surface area contributed by atoms with Crippen molar-refractivity contribution in [3.05, 3.63) is 23.3 Å². The molecule has 0 saturated heterocycles. The lowest BCUT2D eigenvalue weighted by Crippen LogP contribution is -2.25. The summed E-state index contributed by atoms with van der Waals surface area (Å²) in [7, 11) is 1.81. The van der Waals surface area contributed by atoms with Crippen molar-refractivity contribution in [1.29, 1.82) is 0 Å². The molecular weight excluding hydrogens is 242 g/mol. The SMILES string of the molecule is CNc1ccc(N)c(CC(=O)OC(C)(C)C)c1CN. The van der Waals surface area contributed by atoms with Crippen LogP contribution in [0.2, 0.25) is 0 Å². The fraction of sp³-hybridized carbons (Fsp3) is 0.500. The summed E-state index contributed by atoms with van der Waals surface area (Å²) in [5.41, 5.74) is 14.2. The molecule has 19 heavy (non-hydrogen) atoms. The normalized spacial score (nSPS) is 11.2. The fourth-order valence-electron chi connectivity index (χ4n) is 1.91. The van der Waals surface area contributed by atoms with Gasteiger partial charge in [-0.3, -0.25) is 4.79 Å². The van der Waals surface area contributed by atoms with Gasteiger partial charge in [-0.2, -0.15) is 0 Å². The van der Waals surface area contributed by atoms with Crippen LogP contribution < -0.4 is 16.8 Å². The zero-order chi connectivity index (χ0) is 14.6. The molecule has 0 aliphatic heterocycles. The van der Waals surface area contributed by atoms with E-state index in [1.165, 1.54) is 0 Å². The van der Waals surface area contributed by atoms with Gasteiger partial charge in [0.1, 0.15) is 5.60 Å². The van der Waals surface area contributed by atoms with Crippen molar-refractivity contribution in [3.8, 4) is 0 Å². The molecule has 1 aromatic carbocycles. The van der Waals surface area contributed by atoms with E-state index in [4.69, 9.17) is 16.2 Å². The van der Waals surface area contributed by atoms with Crippen LogP contribution in [0.25, 0.3) is 0 Å². The molecule has 0 bridgehead atoms. The summed E-state index contributed by atoms with van der Waals surface area (Å²) in [6.07, 6.45) is 0.130. The minimum atomic E-state index is -0.505. The van der Waals surface area contributed by atoms with Crippen LogP contribution in [0.1, 0.15) is 31.9 Å². The first-order valence-corrected chi connectivity index (χ1v) is 6.28. The van der Waals surface area contributed by atoms with Gasteiger partial charge in [-0.25, -0.2) is 0 Å². The second-order valence-electron chi connectivity index (χ2n) is 5.38. The standard InChI is InChI=1S/C14H23N3O2/c1-14(2,3)19-13(18)7-9-10(8-15)12(17-4)6-5-11(9)16/h5-6,17H,7-8,15-16H2,1-4H3. The summed E-state index contributed by atoms with van der Waals surface area (Å²) < 4.78 is 5.31. The lowest BCUT2D eigenvalue weighted by molar-refractivity contribution is -0.153. The molecule has 0 aliphatic carbocycles. The minimum absolute atomic E-state index is 0.130. The molecule has 0 saturated carbocycles. The lowest BCUT2D eigenvalue weighted by atomic mass is 10.00. The van der Waals surface area contributed by atoms with Gasteiger partial charge in [0, 0.05) is 25.0 Å². The Hall–Kier alpha value is -1.75. The Bertz CT molecular complexity index is 464. The fourth-order valence-corrected chi connectivity index (χ4v) is 1.91. The van der Waals surface area contributed by atoms with Crippen LogP contribution in [0, 0.1) is 0 Å². The van der Waals surface area contributed by atoms with E-state index in [9.17, 15) is 4.79 Å². The molecule has 0 aliphatic rings. The molecule has 0 radical (unpaired) electrons. The highest BCUT2D eigenvalue weighted by atomic mass is 16.6. The van der Waals surface area contributed by atoms with Crippen LogP contribution in [0.4, 0.5) is 11.4 Å². The molecule has 0 aromatic heterocycles. The number of rotatable bonds is 4. The van der Waals surface area contributed by atoms with Gasteiger partial charge in [-0.05, 0) is 44.0 Å². The summed E-state index contributed by atoms with van der Waals surface area (Å²) in [5, 5.41) is 3.05. The second-order valence-corrected chi connectivity index (χ2v) is 5.38. The highest BCUT2D eigenvalue weighted by molar-refractivity contribution is 5.78. The van der Waals surface area contributed by atoms with Gasteiger partial charge in [0.15, 0.2) is 0 Å². The van der Waals surface area contributed by atoms with Crippen molar-refractivity contribution in [2.75, 3.05) is 18.1 Å². The Morgan fingerprint density at radius 3 is 2.42 bits per heavy atom. The summed E-state index contributed by atoms with van der Waals surface area (Å²) in [4.78, 5) is 11.9. The molecule has 0 unspecified atom stereocenters.